The van der Waals surface area contributed by atoms with Crippen LogP contribution in [0.2, 0.25) is 0 Å². The van der Waals surface area contributed by atoms with Gasteiger partial charge in [0.25, 0.3) is 5.91 Å². The summed E-state index contributed by atoms with van der Waals surface area (Å²) in [6.07, 6.45) is 8.25. The van der Waals surface area contributed by atoms with Gasteiger partial charge in [0.2, 0.25) is 0 Å². The van der Waals surface area contributed by atoms with E-state index in [0.717, 1.165) is 51.1 Å². The van der Waals surface area contributed by atoms with Crippen LogP contribution in [-0.2, 0) is 4.74 Å². The number of anilines is 1. The molecule has 1 aromatic rings. The molecule has 2 fully saturated rings. The molecular weight excluding hydrogens is 300 g/mol. The molecule has 0 unspecified atom stereocenters. The summed E-state index contributed by atoms with van der Waals surface area (Å²) in [5.74, 6) is 0.181. The van der Waals surface area contributed by atoms with Crippen molar-refractivity contribution in [1.29, 1.82) is 0 Å². The minimum absolute atomic E-state index is 0.181. The first-order valence-corrected chi connectivity index (χ1v) is 9.44. The standard InChI is InChI=1S/C20H30N2O2/c1-24-16-12-19-7-3-6-15-22(19)20(23)17-8-10-18(11-9-17)21-13-4-2-5-14-21/h8-11,19H,2-7,12-16H2,1H3/t19-/m0/s1. The topological polar surface area (TPSA) is 32.8 Å². The largest absolute Gasteiger partial charge is 0.385 e. The van der Waals surface area contributed by atoms with E-state index in [9.17, 15) is 4.79 Å². The van der Waals surface area contributed by atoms with Crippen molar-refractivity contribution in [2.75, 3.05) is 38.3 Å². The first-order valence-electron chi connectivity index (χ1n) is 9.44. The van der Waals surface area contributed by atoms with E-state index in [1.165, 1.54) is 31.4 Å². The van der Waals surface area contributed by atoms with E-state index in [2.05, 4.69) is 21.9 Å². The summed E-state index contributed by atoms with van der Waals surface area (Å²) in [5.41, 5.74) is 2.07. The zero-order valence-electron chi connectivity index (χ0n) is 14.9. The molecule has 24 heavy (non-hydrogen) atoms. The fraction of sp³-hybridized carbons (Fsp3) is 0.650. The summed E-state index contributed by atoms with van der Waals surface area (Å²) >= 11 is 0. The summed E-state index contributed by atoms with van der Waals surface area (Å²) in [6, 6.07) is 8.58. The first-order chi connectivity index (χ1) is 11.8. The van der Waals surface area contributed by atoms with Gasteiger partial charge in [0, 0.05) is 50.6 Å². The van der Waals surface area contributed by atoms with Crippen molar-refractivity contribution in [3.63, 3.8) is 0 Å². The molecule has 0 radical (unpaired) electrons. The Bertz CT molecular complexity index is 523. The molecule has 0 spiro atoms. The number of carbonyl (C=O) groups is 1. The van der Waals surface area contributed by atoms with Crippen LogP contribution >= 0.6 is 0 Å². The molecule has 2 heterocycles. The maximum Gasteiger partial charge on any atom is 0.254 e. The SMILES string of the molecule is COCC[C@@H]1CCCCN1C(=O)c1ccc(N2CCCCC2)cc1. The van der Waals surface area contributed by atoms with Gasteiger partial charge in [0.1, 0.15) is 0 Å². The van der Waals surface area contributed by atoms with E-state index >= 15 is 0 Å². The lowest BCUT2D eigenvalue weighted by atomic mass is 9.98. The fourth-order valence-electron chi connectivity index (χ4n) is 3.95. The second-order valence-electron chi connectivity index (χ2n) is 7.02. The van der Waals surface area contributed by atoms with Crippen molar-refractivity contribution < 1.29 is 9.53 Å². The summed E-state index contributed by atoms with van der Waals surface area (Å²) in [7, 11) is 1.73. The second-order valence-corrected chi connectivity index (χ2v) is 7.02. The first kappa shape index (κ1) is 17.3. The quantitative estimate of drug-likeness (QED) is 0.825. The van der Waals surface area contributed by atoms with Gasteiger partial charge in [-0.25, -0.2) is 0 Å². The second kappa shape index (κ2) is 8.52. The van der Waals surface area contributed by atoms with Crippen LogP contribution in [0.4, 0.5) is 5.69 Å². The Labute approximate surface area is 145 Å². The average Bonchev–Trinajstić information content (AvgIpc) is 2.67. The van der Waals surface area contributed by atoms with Gasteiger partial charge in [0.05, 0.1) is 0 Å². The number of hydrogen-bond donors (Lipinski definition) is 0. The van der Waals surface area contributed by atoms with Gasteiger partial charge in [-0.3, -0.25) is 4.79 Å². The Morgan fingerprint density at radius 2 is 1.75 bits per heavy atom. The molecule has 0 aromatic heterocycles. The maximum atomic E-state index is 12.9. The van der Waals surface area contributed by atoms with E-state index in [1.807, 2.05) is 12.1 Å². The molecule has 4 heteroatoms. The van der Waals surface area contributed by atoms with E-state index < -0.39 is 0 Å². The lowest BCUT2D eigenvalue weighted by Crippen LogP contribution is -2.44. The Balaban J connectivity index is 1.66. The summed E-state index contributed by atoms with van der Waals surface area (Å²) in [4.78, 5) is 17.4. The molecule has 0 aliphatic carbocycles. The Morgan fingerprint density at radius 3 is 2.46 bits per heavy atom. The van der Waals surface area contributed by atoms with Crippen molar-refractivity contribution in [2.45, 2.75) is 51.0 Å². The molecule has 132 valence electrons. The molecule has 0 saturated carbocycles. The van der Waals surface area contributed by atoms with E-state index in [1.54, 1.807) is 7.11 Å². The lowest BCUT2D eigenvalue weighted by molar-refractivity contribution is 0.0553. The highest BCUT2D eigenvalue weighted by molar-refractivity contribution is 5.94. The van der Waals surface area contributed by atoms with Gasteiger partial charge in [-0.2, -0.15) is 0 Å². The van der Waals surface area contributed by atoms with Crippen molar-refractivity contribution in [2.24, 2.45) is 0 Å². The third-order valence-corrected chi connectivity index (χ3v) is 5.38. The van der Waals surface area contributed by atoms with Crippen LogP contribution in [0.1, 0.15) is 55.3 Å². The van der Waals surface area contributed by atoms with E-state index in [0.29, 0.717) is 6.04 Å². The van der Waals surface area contributed by atoms with Gasteiger partial charge in [-0.15, -0.1) is 0 Å². The molecule has 4 nitrogen and oxygen atoms in total. The molecule has 1 amide bonds. The normalized spacial score (nSPS) is 21.8. The summed E-state index contributed by atoms with van der Waals surface area (Å²) < 4.78 is 5.22. The van der Waals surface area contributed by atoms with Crippen molar-refractivity contribution >= 4 is 11.6 Å². The highest BCUT2D eigenvalue weighted by Crippen LogP contribution is 2.24. The van der Waals surface area contributed by atoms with Crippen LogP contribution in [-0.4, -0.2) is 50.2 Å². The highest BCUT2D eigenvalue weighted by Gasteiger charge is 2.27. The number of rotatable bonds is 5. The maximum absolute atomic E-state index is 12.9. The fourth-order valence-corrected chi connectivity index (χ4v) is 3.95. The Morgan fingerprint density at radius 1 is 1.04 bits per heavy atom. The Kier molecular flexibility index (Phi) is 6.13. The third kappa shape index (κ3) is 4.10. The van der Waals surface area contributed by atoms with Gasteiger partial charge < -0.3 is 14.5 Å². The number of carbonyl (C=O) groups excluding carboxylic acids is 1. The van der Waals surface area contributed by atoms with E-state index in [-0.39, 0.29) is 5.91 Å². The molecule has 2 aliphatic rings. The molecule has 3 rings (SSSR count). The van der Waals surface area contributed by atoms with Gasteiger partial charge in [0.15, 0.2) is 0 Å². The van der Waals surface area contributed by atoms with Gasteiger partial charge in [-0.05, 0) is 69.2 Å². The number of methoxy groups -OCH3 is 1. The number of amides is 1. The number of benzene rings is 1. The molecule has 0 bridgehead atoms. The van der Waals surface area contributed by atoms with Crippen LogP contribution in [0.15, 0.2) is 24.3 Å². The van der Waals surface area contributed by atoms with Crippen molar-refractivity contribution in [3.05, 3.63) is 29.8 Å². The lowest BCUT2D eigenvalue weighted by Gasteiger charge is -2.36. The third-order valence-electron chi connectivity index (χ3n) is 5.38. The van der Waals surface area contributed by atoms with E-state index in [4.69, 9.17) is 4.74 Å². The summed E-state index contributed by atoms with van der Waals surface area (Å²) in [5, 5.41) is 0. The van der Waals surface area contributed by atoms with Crippen molar-refractivity contribution in [1.82, 2.24) is 4.90 Å². The van der Waals surface area contributed by atoms with Crippen LogP contribution < -0.4 is 4.90 Å². The number of likely N-dealkylation sites (tertiary alicyclic amines) is 1. The van der Waals surface area contributed by atoms with Crippen LogP contribution in [0.3, 0.4) is 0 Å². The minimum Gasteiger partial charge on any atom is -0.385 e. The zero-order chi connectivity index (χ0) is 16.8. The molecule has 2 saturated heterocycles. The molecular formula is C20H30N2O2. The Hall–Kier alpha value is -1.55. The van der Waals surface area contributed by atoms with Crippen molar-refractivity contribution in [3.8, 4) is 0 Å². The molecule has 0 N–H and O–H groups in total. The average molecular weight is 330 g/mol. The van der Waals surface area contributed by atoms with Gasteiger partial charge in [-0.1, -0.05) is 0 Å². The number of piperidine rings is 2. The van der Waals surface area contributed by atoms with Gasteiger partial charge >= 0.3 is 0 Å². The number of hydrogen-bond acceptors (Lipinski definition) is 3. The molecule has 1 atom stereocenters. The minimum atomic E-state index is 0.181. The van der Waals surface area contributed by atoms with Crippen LogP contribution in [0.25, 0.3) is 0 Å². The van der Waals surface area contributed by atoms with Crippen LogP contribution in [0.5, 0.6) is 0 Å². The monoisotopic (exact) mass is 330 g/mol. The smallest absolute Gasteiger partial charge is 0.254 e. The number of nitrogens with zero attached hydrogens (tertiary/aromatic N) is 2. The predicted molar refractivity (Wildman–Crippen MR) is 97.7 cm³/mol. The molecule has 2 aliphatic heterocycles. The molecule has 1 aromatic carbocycles. The zero-order valence-corrected chi connectivity index (χ0v) is 14.9. The summed E-state index contributed by atoms with van der Waals surface area (Å²) in [6.45, 7) is 3.88. The predicted octanol–water partition coefficient (Wildman–Crippen LogP) is 3.71. The number of ether oxygens (including phenoxy) is 1. The van der Waals surface area contributed by atoms with Crippen LogP contribution in [0, 0.1) is 0 Å². The highest BCUT2D eigenvalue weighted by atomic mass is 16.5.